The van der Waals surface area contributed by atoms with E-state index in [0.717, 1.165) is 25.9 Å². The topological polar surface area (TPSA) is 72.0 Å². The minimum atomic E-state index is -0.564. The number of carbonyl (C=O) groups is 1. The molecule has 168 valence electrons. The number of benzene rings is 1. The molecule has 0 aliphatic carbocycles. The number of hydrogen-bond acceptors (Lipinski definition) is 4. The zero-order chi connectivity index (χ0) is 22.1. The second-order valence-corrected chi connectivity index (χ2v) is 7.70. The van der Waals surface area contributed by atoms with E-state index in [2.05, 4.69) is 25.8 Å². The Balaban J connectivity index is 2.02. The third-order valence-corrected chi connectivity index (χ3v) is 5.30. The van der Waals surface area contributed by atoms with E-state index >= 15 is 0 Å². The summed E-state index contributed by atoms with van der Waals surface area (Å²) in [5.74, 6) is -0.479. The summed E-state index contributed by atoms with van der Waals surface area (Å²) in [5.41, 5.74) is 0.0320. The largest absolute Gasteiger partial charge is 0.358 e. The number of amides is 1. The number of nitrogens with one attached hydrogen (secondary N) is 3. The van der Waals surface area contributed by atoms with Crippen LogP contribution in [0.5, 0.6) is 0 Å². The predicted molar refractivity (Wildman–Crippen MR) is 115 cm³/mol. The first-order valence-electron chi connectivity index (χ1n) is 10.4. The SMILES string of the molecule is CCNC(=NCC(c1c(F)cccc1F)N(C)C)NC1CCN(CC(=O)NC)CC1. The normalized spacial score (nSPS) is 17.1. The summed E-state index contributed by atoms with van der Waals surface area (Å²) < 4.78 is 28.6. The molecule has 1 saturated heterocycles. The standard InChI is InChI=1S/C21H34F2N6O/c1-5-25-21(27-15-9-11-29(12-10-15)14-19(30)24-2)26-13-18(28(3)4)20-16(22)7-6-8-17(20)23/h6-8,15,18H,5,9-14H2,1-4H3,(H,24,30)(H2,25,26,27). The first-order chi connectivity index (χ1) is 14.3. The zero-order valence-electron chi connectivity index (χ0n) is 18.3. The summed E-state index contributed by atoms with van der Waals surface area (Å²) in [6.07, 6.45) is 1.78. The lowest BCUT2D eigenvalue weighted by molar-refractivity contribution is -0.122. The van der Waals surface area contributed by atoms with Crippen LogP contribution in [0.1, 0.15) is 31.4 Å². The summed E-state index contributed by atoms with van der Waals surface area (Å²) in [6, 6.07) is 3.62. The van der Waals surface area contributed by atoms with Gasteiger partial charge >= 0.3 is 0 Å². The quantitative estimate of drug-likeness (QED) is 0.434. The number of likely N-dealkylation sites (tertiary alicyclic amines) is 1. The van der Waals surface area contributed by atoms with E-state index in [1.54, 1.807) is 26.0 Å². The number of likely N-dealkylation sites (N-methyl/N-ethyl adjacent to an activating group) is 2. The Labute approximate surface area is 177 Å². The molecule has 0 spiro atoms. The predicted octanol–water partition coefficient (Wildman–Crippen LogP) is 1.33. The van der Waals surface area contributed by atoms with Crippen molar-refractivity contribution in [3.05, 3.63) is 35.4 Å². The molecule has 1 aliphatic rings. The van der Waals surface area contributed by atoms with Gasteiger partial charge in [-0.1, -0.05) is 6.07 Å². The van der Waals surface area contributed by atoms with Crippen LogP contribution in [0.25, 0.3) is 0 Å². The Hall–Kier alpha value is -2.26. The molecule has 3 N–H and O–H groups in total. The van der Waals surface area contributed by atoms with Crippen LogP contribution in [0.2, 0.25) is 0 Å². The first-order valence-corrected chi connectivity index (χ1v) is 10.4. The maximum atomic E-state index is 14.3. The fourth-order valence-electron chi connectivity index (χ4n) is 3.55. The van der Waals surface area contributed by atoms with Gasteiger partial charge in [-0.15, -0.1) is 0 Å². The highest BCUT2D eigenvalue weighted by molar-refractivity contribution is 5.80. The van der Waals surface area contributed by atoms with Gasteiger partial charge in [-0.3, -0.25) is 14.7 Å². The molecule has 1 fully saturated rings. The van der Waals surface area contributed by atoms with E-state index in [0.29, 0.717) is 19.0 Å². The molecule has 1 aromatic rings. The van der Waals surface area contributed by atoms with Gasteiger partial charge in [0.15, 0.2) is 5.96 Å². The van der Waals surface area contributed by atoms with Crippen molar-refractivity contribution in [1.29, 1.82) is 0 Å². The second-order valence-electron chi connectivity index (χ2n) is 7.70. The Morgan fingerprint density at radius 3 is 2.43 bits per heavy atom. The van der Waals surface area contributed by atoms with E-state index in [-0.39, 0.29) is 24.1 Å². The van der Waals surface area contributed by atoms with Gasteiger partial charge in [-0.2, -0.15) is 0 Å². The van der Waals surface area contributed by atoms with E-state index in [1.165, 1.54) is 18.2 Å². The monoisotopic (exact) mass is 424 g/mol. The van der Waals surface area contributed by atoms with E-state index in [1.807, 2.05) is 6.92 Å². The van der Waals surface area contributed by atoms with Crippen molar-refractivity contribution in [3.63, 3.8) is 0 Å². The number of piperidine rings is 1. The summed E-state index contributed by atoms with van der Waals surface area (Å²) in [4.78, 5) is 20.0. The zero-order valence-corrected chi connectivity index (χ0v) is 18.3. The molecule has 0 saturated carbocycles. The van der Waals surface area contributed by atoms with Crippen molar-refractivity contribution in [1.82, 2.24) is 25.8 Å². The number of aliphatic imine (C=N–C) groups is 1. The van der Waals surface area contributed by atoms with Crippen molar-refractivity contribution < 1.29 is 13.6 Å². The fraction of sp³-hybridized carbons (Fsp3) is 0.619. The van der Waals surface area contributed by atoms with Gasteiger partial charge in [0, 0.05) is 38.3 Å². The third-order valence-electron chi connectivity index (χ3n) is 5.30. The number of halogens is 2. The molecule has 1 amide bonds. The number of guanidine groups is 1. The van der Waals surface area contributed by atoms with E-state index in [4.69, 9.17) is 0 Å². The highest BCUT2D eigenvalue weighted by Crippen LogP contribution is 2.24. The van der Waals surface area contributed by atoms with Gasteiger partial charge in [0.25, 0.3) is 0 Å². The maximum absolute atomic E-state index is 14.3. The van der Waals surface area contributed by atoms with Crippen LogP contribution in [0.3, 0.4) is 0 Å². The van der Waals surface area contributed by atoms with Gasteiger partial charge in [0.1, 0.15) is 11.6 Å². The molecule has 30 heavy (non-hydrogen) atoms. The van der Waals surface area contributed by atoms with Gasteiger partial charge in [-0.25, -0.2) is 8.78 Å². The first kappa shape index (κ1) is 24.0. The molecule has 0 aromatic heterocycles. The van der Waals surface area contributed by atoms with Crippen molar-refractivity contribution >= 4 is 11.9 Å². The van der Waals surface area contributed by atoms with Gasteiger partial charge < -0.3 is 20.9 Å². The third kappa shape index (κ3) is 6.91. The Bertz CT molecular complexity index is 699. The van der Waals surface area contributed by atoms with E-state index in [9.17, 15) is 13.6 Å². The molecule has 0 radical (unpaired) electrons. The van der Waals surface area contributed by atoms with Gasteiger partial charge in [0.05, 0.1) is 19.1 Å². The van der Waals surface area contributed by atoms with E-state index < -0.39 is 17.7 Å². The van der Waals surface area contributed by atoms with Crippen LogP contribution in [0.15, 0.2) is 23.2 Å². The summed E-state index contributed by atoms with van der Waals surface area (Å²) >= 11 is 0. The molecule has 1 unspecified atom stereocenters. The number of rotatable bonds is 8. The summed E-state index contributed by atoms with van der Waals surface area (Å²) in [6.45, 7) is 4.94. The van der Waals surface area contributed by atoms with Crippen LogP contribution in [-0.2, 0) is 4.79 Å². The Morgan fingerprint density at radius 2 is 1.90 bits per heavy atom. The molecule has 1 aromatic carbocycles. The van der Waals surface area contributed by atoms with Gasteiger partial charge in [0.2, 0.25) is 5.91 Å². The molecular weight excluding hydrogens is 390 g/mol. The lowest BCUT2D eigenvalue weighted by Crippen LogP contribution is -2.50. The van der Waals surface area contributed by atoms with Crippen molar-refractivity contribution in [2.45, 2.75) is 31.8 Å². The number of carbonyl (C=O) groups excluding carboxylic acids is 1. The van der Waals surface area contributed by atoms with Crippen molar-refractivity contribution in [2.24, 2.45) is 4.99 Å². The highest BCUT2D eigenvalue weighted by Gasteiger charge is 2.24. The fourth-order valence-corrected chi connectivity index (χ4v) is 3.55. The Kier molecular flexibility index (Phi) is 9.45. The molecular formula is C21H34F2N6O. The van der Waals surface area contributed by atoms with Crippen LogP contribution in [0.4, 0.5) is 8.78 Å². The number of hydrogen-bond donors (Lipinski definition) is 3. The molecule has 0 bridgehead atoms. The maximum Gasteiger partial charge on any atom is 0.233 e. The van der Waals surface area contributed by atoms with Crippen LogP contribution >= 0.6 is 0 Å². The average molecular weight is 425 g/mol. The van der Waals surface area contributed by atoms with Gasteiger partial charge in [-0.05, 0) is 46.0 Å². The van der Waals surface area contributed by atoms with Crippen LogP contribution < -0.4 is 16.0 Å². The minimum absolute atomic E-state index is 0.0198. The lowest BCUT2D eigenvalue weighted by Gasteiger charge is -2.32. The average Bonchev–Trinajstić information content (AvgIpc) is 2.71. The smallest absolute Gasteiger partial charge is 0.233 e. The summed E-state index contributed by atoms with van der Waals surface area (Å²) in [5, 5.41) is 9.29. The number of nitrogens with zero attached hydrogens (tertiary/aromatic N) is 3. The minimum Gasteiger partial charge on any atom is -0.358 e. The second kappa shape index (κ2) is 11.8. The van der Waals surface area contributed by atoms with Crippen molar-refractivity contribution in [2.75, 3.05) is 53.9 Å². The molecule has 1 atom stereocenters. The molecule has 1 heterocycles. The Morgan fingerprint density at radius 1 is 1.27 bits per heavy atom. The van der Waals surface area contributed by atoms with Crippen LogP contribution in [0, 0.1) is 11.6 Å². The highest BCUT2D eigenvalue weighted by atomic mass is 19.1. The summed E-state index contributed by atoms with van der Waals surface area (Å²) in [7, 11) is 5.22. The molecule has 9 heteroatoms. The molecule has 7 nitrogen and oxygen atoms in total. The van der Waals surface area contributed by atoms with Crippen molar-refractivity contribution in [3.8, 4) is 0 Å². The van der Waals surface area contributed by atoms with Crippen LogP contribution in [-0.4, -0.2) is 81.6 Å². The molecule has 2 rings (SSSR count). The molecule has 1 aliphatic heterocycles. The lowest BCUT2D eigenvalue weighted by atomic mass is 10.0.